The molecule has 0 saturated heterocycles. The Balaban J connectivity index is 1.81. The van der Waals surface area contributed by atoms with Crippen molar-refractivity contribution in [2.24, 2.45) is 7.05 Å². The van der Waals surface area contributed by atoms with E-state index >= 15 is 0 Å². The molecule has 0 bridgehead atoms. The molecule has 25 heavy (non-hydrogen) atoms. The Morgan fingerprint density at radius 1 is 1.24 bits per heavy atom. The van der Waals surface area contributed by atoms with E-state index in [1.54, 1.807) is 0 Å². The molecule has 5 heteroatoms. The van der Waals surface area contributed by atoms with Gasteiger partial charge in [-0.3, -0.25) is 9.69 Å². The van der Waals surface area contributed by atoms with Gasteiger partial charge in [0.05, 0.1) is 6.54 Å². The molecule has 134 valence electrons. The molecule has 5 nitrogen and oxygen atoms in total. The van der Waals surface area contributed by atoms with Crippen molar-refractivity contribution in [2.75, 3.05) is 26.2 Å². The average molecular weight is 341 g/mol. The molecule has 0 radical (unpaired) electrons. The fourth-order valence-corrected chi connectivity index (χ4v) is 3.27. The molecular weight excluding hydrogens is 314 g/mol. The summed E-state index contributed by atoms with van der Waals surface area (Å²) in [5.41, 5.74) is 3.06. The lowest BCUT2D eigenvalue weighted by atomic mass is 10.1. The Labute approximate surface area is 149 Å². The summed E-state index contributed by atoms with van der Waals surface area (Å²) in [6.45, 7) is 9.05. The number of aromatic nitrogens is 1. The van der Waals surface area contributed by atoms with Gasteiger partial charge < -0.3 is 14.2 Å². The van der Waals surface area contributed by atoms with Gasteiger partial charge in [0.25, 0.3) is 5.91 Å². The summed E-state index contributed by atoms with van der Waals surface area (Å²) in [5.74, 6) is 0.948. The van der Waals surface area contributed by atoms with Crippen LogP contribution < -0.4 is 4.74 Å². The third-order valence-corrected chi connectivity index (χ3v) is 4.86. The van der Waals surface area contributed by atoms with E-state index in [1.165, 1.54) is 5.56 Å². The van der Waals surface area contributed by atoms with Gasteiger partial charge in [-0.15, -0.1) is 0 Å². The number of rotatable bonds is 5. The lowest BCUT2D eigenvalue weighted by Gasteiger charge is -2.21. The van der Waals surface area contributed by atoms with Crippen molar-refractivity contribution >= 4 is 5.91 Å². The summed E-state index contributed by atoms with van der Waals surface area (Å²) in [5, 5.41) is 0. The van der Waals surface area contributed by atoms with Crippen LogP contribution in [0.15, 0.2) is 36.5 Å². The highest BCUT2D eigenvalue weighted by Crippen LogP contribution is 2.26. The van der Waals surface area contributed by atoms with Gasteiger partial charge >= 0.3 is 0 Å². The van der Waals surface area contributed by atoms with Crippen LogP contribution in [0.1, 0.15) is 35.5 Å². The first-order valence-corrected chi connectivity index (χ1v) is 9.00. The zero-order valence-electron chi connectivity index (χ0n) is 15.4. The van der Waals surface area contributed by atoms with E-state index in [9.17, 15) is 4.79 Å². The normalized spacial score (nSPS) is 14.2. The van der Waals surface area contributed by atoms with E-state index in [0.29, 0.717) is 25.4 Å². The number of carbonyl (C=O) groups is 1. The molecule has 0 saturated carbocycles. The van der Waals surface area contributed by atoms with Crippen LogP contribution in [0.3, 0.4) is 0 Å². The number of ether oxygens (including phenoxy) is 1. The summed E-state index contributed by atoms with van der Waals surface area (Å²) in [7, 11) is 1.90. The van der Waals surface area contributed by atoms with Crippen LogP contribution in [-0.2, 0) is 20.1 Å². The minimum Gasteiger partial charge on any atom is -0.491 e. The van der Waals surface area contributed by atoms with Gasteiger partial charge in [0, 0.05) is 31.9 Å². The molecule has 2 aromatic rings. The van der Waals surface area contributed by atoms with Crippen molar-refractivity contribution in [3.63, 3.8) is 0 Å². The van der Waals surface area contributed by atoms with Gasteiger partial charge in [-0.05, 0) is 42.9 Å². The lowest BCUT2D eigenvalue weighted by molar-refractivity contribution is 0.0723. The summed E-state index contributed by atoms with van der Waals surface area (Å²) in [6.07, 6.45) is 1.90. The Bertz CT molecular complexity index is 734. The molecule has 0 unspecified atom stereocenters. The number of benzene rings is 1. The van der Waals surface area contributed by atoms with Gasteiger partial charge in [0.15, 0.2) is 0 Å². The molecule has 1 aliphatic heterocycles. The van der Waals surface area contributed by atoms with Crippen LogP contribution in [0.25, 0.3) is 0 Å². The molecule has 0 spiro atoms. The van der Waals surface area contributed by atoms with Crippen LogP contribution in [0.2, 0.25) is 0 Å². The van der Waals surface area contributed by atoms with E-state index in [1.807, 2.05) is 40.9 Å². The van der Waals surface area contributed by atoms with Crippen LogP contribution >= 0.6 is 0 Å². The Kier molecular flexibility index (Phi) is 5.43. The predicted molar refractivity (Wildman–Crippen MR) is 98.7 cm³/mol. The van der Waals surface area contributed by atoms with Gasteiger partial charge in [-0.1, -0.05) is 19.9 Å². The molecule has 1 aromatic carbocycles. The number of nitrogens with zero attached hydrogens (tertiary/aromatic N) is 3. The van der Waals surface area contributed by atoms with E-state index in [2.05, 4.69) is 30.9 Å². The molecule has 1 aliphatic rings. The van der Waals surface area contributed by atoms with Gasteiger partial charge in [-0.2, -0.15) is 0 Å². The zero-order valence-corrected chi connectivity index (χ0v) is 15.4. The third kappa shape index (κ3) is 3.87. The number of carbonyl (C=O) groups excluding carboxylic acids is 1. The Morgan fingerprint density at radius 3 is 2.72 bits per heavy atom. The summed E-state index contributed by atoms with van der Waals surface area (Å²) < 4.78 is 7.74. The lowest BCUT2D eigenvalue weighted by Crippen LogP contribution is -2.33. The van der Waals surface area contributed by atoms with Crippen LogP contribution in [0.5, 0.6) is 5.75 Å². The molecule has 1 amide bonds. The Hall–Kier alpha value is -2.27. The maximum Gasteiger partial charge on any atom is 0.270 e. The smallest absolute Gasteiger partial charge is 0.270 e. The van der Waals surface area contributed by atoms with Crippen molar-refractivity contribution in [2.45, 2.75) is 26.9 Å². The summed E-state index contributed by atoms with van der Waals surface area (Å²) >= 11 is 0. The van der Waals surface area contributed by atoms with Gasteiger partial charge in [0.1, 0.15) is 18.1 Å². The number of amides is 1. The first kappa shape index (κ1) is 17.5. The minimum atomic E-state index is 0.0538. The molecule has 1 aromatic heterocycles. The summed E-state index contributed by atoms with van der Waals surface area (Å²) in [4.78, 5) is 17.1. The van der Waals surface area contributed by atoms with E-state index < -0.39 is 0 Å². The van der Waals surface area contributed by atoms with Crippen molar-refractivity contribution < 1.29 is 9.53 Å². The maximum absolute atomic E-state index is 12.8. The summed E-state index contributed by atoms with van der Waals surface area (Å²) in [6, 6.07) is 10.1. The first-order valence-electron chi connectivity index (χ1n) is 9.00. The second kappa shape index (κ2) is 7.74. The first-order chi connectivity index (χ1) is 12.1. The van der Waals surface area contributed by atoms with Crippen molar-refractivity contribution in [3.05, 3.63) is 53.3 Å². The standard InChI is InChI=1S/C20H27N3O2/c1-4-22(5-2)14-16-8-9-19-17(13-16)15-23(11-12-25-19)20(24)18-7-6-10-21(18)3/h6-10,13H,4-5,11-12,14-15H2,1-3H3. The molecule has 2 heterocycles. The molecule has 3 rings (SSSR count). The highest BCUT2D eigenvalue weighted by atomic mass is 16.5. The fourth-order valence-electron chi connectivity index (χ4n) is 3.27. The largest absolute Gasteiger partial charge is 0.491 e. The number of hydrogen-bond donors (Lipinski definition) is 0. The average Bonchev–Trinajstić information content (AvgIpc) is 2.93. The van der Waals surface area contributed by atoms with Crippen LogP contribution in [0.4, 0.5) is 0 Å². The van der Waals surface area contributed by atoms with Crippen molar-refractivity contribution in [3.8, 4) is 5.75 Å². The predicted octanol–water partition coefficient (Wildman–Crippen LogP) is 2.90. The Morgan fingerprint density at radius 2 is 2.04 bits per heavy atom. The van der Waals surface area contributed by atoms with E-state index in [4.69, 9.17) is 4.74 Å². The SMILES string of the molecule is CCN(CC)Cc1ccc2c(c1)CN(C(=O)c1cccn1C)CCO2. The number of fused-ring (bicyclic) bond motifs is 1. The molecule has 0 atom stereocenters. The van der Waals surface area contributed by atoms with Gasteiger partial charge in [-0.25, -0.2) is 0 Å². The topological polar surface area (TPSA) is 37.7 Å². The van der Waals surface area contributed by atoms with Crippen molar-refractivity contribution in [1.29, 1.82) is 0 Å². The monoisotopic (exact) mass is 341 g/mol. The number of hydrogen-bond acceptors (Lipinski definition) is 3. The zero-order chi connectivity index (χ0) is 17.8. The van der Waals surface area contributed by atoms with Crippen LogP contribution in [0, 0.1) is 0 Å². The van der Waals surface area contributed by atoms with E-state index in [-0.39, 0.29) is 5.91 Å². The second-order valence-electron chi connectivity index (χ2n) is 6.48. The highest BCUT2D eigenvalue weighted by Gasteiger charge is 2.22. The molecule has 0 N–H and O–H groups in total. The third-order valence-electron chi connectivity index (χ3n) is 4.86. The van der Waals surface area contributed by atoms with Crippen LogP contribution in [-0.4, -0.2) is 46.5 Å². The molecule has 0 fully saturated rings. The van der Waals surface area contributed by atoms with Crippen molar-refractivity contribution in [1.82, 2.24) is 14.4 Å². The van der Waals surface area contributed by atoms with E-state index in [0.717, 1.165) is 30.9 Å². The maximum atomic E-state index is 12.8. The quantitative estimate of drug-likeness (QED) is 0.839. The van der Waals surface area contributed by atoms with Gasteiger partial charge in [0.2, 0.25) is 0 Å². The molecular formula is C20H27N3O2. The minimum absolute atomic E-state index is 0.0538. The fraction of sp³-hybridized carbons (Fsp3) is 0.450. The molecule has 0 aliphatic carbocycles. The second-order valence-corrected chi connectivity index (χ2v) is 6.48. The highest BCUT2D eigenvalue weighted by molar-refractivity contribution is 5.92. The number of aryl methyl sites for hydroxylation is 1.